The van der Waals surface area contributed by atoms with Crippen molar-refractivity contribution < 1.29 is 9.53 Å². The first-order chi connectivity index (χ1) is 12.6. The number of methoxy groups -OCH3 is 1. The van der Waals surface area contributed by atoms with Crippen molar-refractivity contribution in [2.24, 2.45) is 0 Å². The quantitative estimate of drug-likeness (QED) is 0.688. The molecule has 1 amide bonds. The summed E-state index contributed by atoms with van der Waals surface area (Å²) in [4.78, 5) is 12.1. The smallest absolute Gasteiger partial charge is 0.248 e. The molecule has 3 aromatic rings. The largest absolute Gasteiger partial charge is 0.497 e. The van der Waals surface area contributed by atoms with Crippen molar-refractivity contribution in [3.8, 4) is 5.75 Å². The summed E-state index contributed by atoms with van der Waals surface area (Å²) in [5.41, 5.74) is 3.98. The Morgan fingerprint density at radius 2 is 2.04 bits per heavy atom. The van der Waals surface area contributed by atoms with Crippen LogP contribution >= 0.6 is 0 Å². The molecule has 0 unspecified atom stereocenters. The van der Waals surface area contributed by atoms with Gasteiger partial charge in [0.25, 0.3) is 0 Å². The van der Waals surface area contributed by atoms with Gasteiger partial charge in [0.05, 0.1) is 25.5 Å². The maximum absolute atomic E-state index is 12.1. The number of aryl methyl sites for hydroxylation is 1. The molecular formula is C21H21N3O2. The van der Waals surface area contributed by atoms with Gasteiger partial charge in [0.2, 0.25) is 5.91 Å². The van der Waals surface area contributed by atoms with E-state index < -0.39 is 0 Å². The molecule has 132 valence electrons. The first-order valence-corrected chi connectivity index (χ1v) is 8.33. The Kier molecular flexibility index (Phi) is 5.49. The van der Waals surface area contributed by atoms with Gasteiger partial charge in [0, 0.05) is 12.3 Å². The van der Waals surface area contributed by atoms with Crippen LogP contribution in [0, 0.1) is 6.92 Å². The predicted molar refractivity (Wildman–Crippen MR) is 103 cm³/mol. The number of carbonyl (C=O) groups is 1. The zero-order valence-electron chi connectivity index (χ0n) is 14.8. The lowest BCUT2D eigenvalue weighted by molar-refractivity contribution is -0.111. The fourth-order valence-corrected chi connectivity index (χ4v) is 2.58. The lowest BCUT2D eigenvalue weighted by atomic mass is 10.1. The number of nitrogens with one attached hydrogen (secondary N) is 1. The van der Waals surface area contributed by atoms with Crippen molar-refractivity contribution >= 4 is 17.7 Å². The summed E-state index contributed by atoms with van der Waals surface area (Å²) in [6.07, 6.45) is 6.72. The summed E-state index contributed by atoms with van der Waals surface area (Å²) in [5.74, 6) is 0.587. The molecule has 3 rings (SSSR count). The molecule has 0 aliphatic heterocycles. The molecule has 0 saturated carbocycles. The average Bonchev–Trinajstić information content (AvgIpc) is 3.07. The number of benzene rings is 2. The van der Waals surface area contributed by atoms with Crippen molar-refractivity contribution in [2.45, 2.75) is 13.5 Å². The van der Waals surface area contributed by atoms with Crippen molar-refractivity contribution in [1.82, 2.24) is 9.78 Å². The second-order valence-electron chi connectivity index (χ2n) is 6.01. The summed E-state index contributed by atoms with van der Waals surface area (Å²) in [6.45, 7) is 2.73. The predicted octanol–water partition coefficient (Wildman–Crippen LogP) is 3.90. The summed E-state index contributed by atoms with van der Waals surface area (Å²) < 4.78 is 6.92. The van der Waals surface area contributed by atoms with Gasteiger partial charge in [-0.1, -0.05) is 42.0 Å². The van der Waals surface area contributed by atoms with E-state index in [2.05, 4.69) is 35.5 Å². The van der Waals surface area contributed by atoms with Crippen LogP contribution in [0.25, 0.3) is 6.08 Å². The molecule has 0 fully saturated rings. The van der Waals surface area contributed by atoms with E-state index in [-0.39, 0.29) is 5.91 Å². The van der Waals surface area contributed by atoms with E-state index >= 15 is 0 Å². The molecule has 5 heteroatoms. The lowest BCUT2D eigenvalue weighted by Gasteiger charge is -2.03. The average molecular weight is 347 g/mol. The normalized spacial score (nSPS) is 10.8. The maximum atomic E-state index is 12.1. The number of hydrogen-bond acceptors (Lipinski definition) is 3. The standard InChI is InChI=1S/C21H21N3O2/c1-16-4-3-5-18(12-16)14-24-15-19(13-22-24)23-21(25)11-8-17-6-9-20(26-2)10-7-17/h3-13,15H,14H2,1-2H3,(H,23,25)/b11-8+. The Hall–Kier alpha value is -3.34. The van der Waals surface area contributed by atoms with Crippen LogP contribution in [0.15, 0.2) is 67.0 Å². The molecule has 0 saturated heterocycles. The zero-order chi connectivity index (χ0) is 18.4. The second kappa shape index (κ2) is 8.16. The molecule has 0 aliphatic carbocycles. The molecule has 0 aliphatic rings. The minimum Gasteiger partial charge on any atom is -0.497 e. The van der Waals surface area contributed by atoms with E-state index in [0.29, 0.717) is 12.2 Å². The molecule has 0 atom stereocenters. The maximum Gasteiger partial charge on any atom is 0.248 e. The van der Waals surface area contributed by atoms with Crippen LogP contribution < -0.4 is 10.1 Å². The SMILES string of the molecule is COc1ccc(/C=C/C(=O)Nc2cnn(Cc3cccc(C)c3)c2)cc1. The highest BCUT2D eigenvalue weighted by molar-refractivity contribution is 6.01. The van der Waals surface area contributed by atoms with E-state index in [1.54, 1.807) is 24.1 Å². The fraction of sp³-hybridized carbons (Fsp3) is 0.143. The van der Waals surface area contributed by atoms with E-state index in [9.17, 15) is 4.79 Å². The minimum absolute atomic E-state index is 0.198. The van der Waals surface area contributed by atoms with Crippen LogP contribution in [0.2, 0.25) is 0 Å². The van der Waals surface area contributed by atoms with Gasteiger partial charge in [-0.25, -0.2) is 0 Å². The number of rotatable bonds is 6. The number of amides is 1. The third-order valence-electron chi connectivity index (χ3n) is 3.87. The number of carbonyl (C=O) groups excluding carboxylic acids is 1. The van der Waals surface area contributed by atoms with E-state index in [1.165, 1.54) is 17.2 Å². The van der Waals surface area contributed by atoms with Crippen molar-refractivity contribution in [1.29, 1.82) is 0 Å². The van der Waals surface area contributed by atoms with Crippen LogP contribution in [0.4, 0.5) is 5.69 Å². The number of ether oxygens (including phenoxy) is 1. The summed E-state index contributed by atoms with van der Waals surface area (Å²) in [6, 6.07) is 15.8. The molecule has 0 radical (unpaired) electrons. The molecule has 5 nitrogen and oxygen atoms in total. The van der Waals surface area contributed by atoms with Crippen LogP contribution in [0.1, 0.15) is 16.7 Å². The van der Waals surface area contributed by atoms with Crippen LogP contribution in [-0.2, 0) is 11.3 Å². The molecule has 0 spiro atoms. The number of nitrogens with zero attached hydrogens (tertiary/aromatic N) is 2. The van der Waals surface area contributed by atoms with Gasteiger partial charge in [0.15, 0.2) is 0 Å². The third-order valence-corrected chi connectivity index (χ3v) is 3.87. The van der Waals surface area contributed by atoms with Crippen LogP contribution in [-0.4, -0.2) is 22.8 Å². The Bertz CT molecular complexity index is 911. The second-order valence-corrected chi connectivity index (χ2v) is 6.01. The van der Waals surface area contributed by atoms with Crippen molar-refractivity contribution in [3.05, 3.63) is 83.7 Å². The molecule has 0 bridgehead atoms. The Morgan fingerprint density at radius 3 is 2.77 bits per heavy atom. The highest BCUT2D eigenvalue weighted by atomic mass is 16.5. The minimum atomic E-state index is -0.198. The van der Waals surface area contributed by atoms with Gasteiger partial charge in [-0.2, -0.15) is 5.10 Å². The first-order valence-electron chi connectivity index (χ1n) is 8.33. The highest BCUT2D eigenvalue weighted by Gasteiger charge is 2.03. The number of aromatic nitrogens is 2. The van der Waals surface area contributed by atoms with Crippen molar-refractivity contribution in [3.63, 3.8) is 0 Å². The Balaban J connectivity index is 1.57. The van der Waals surface area contributed by atoms with Gasteiger partial charge >= 0.3 is 0 Å². The molecule has 26 heavy (non-hydrogen) atoms. The van der Waals surface area contributed by atoms with E-state index in [1.807, 2.05) is 36.5 Å². The summed E-state index contributed by atoms with van der Waals surface area (Å²) in [7, 11) is 1.62. The summed E-state index contributed by atoms with van der Waals surface area (Å²) in [5, 5.41) is 7.11. The molecular weight excluding hydrogens is 326 g/mol. The highest BCUT2D eigenvalue weighted by Crippen LogP contribution is 2.13. The Labute approximate surface area is 152 Å². The van der Waals surface area contributed by atoms with Crippen LogP contribution in [0.5, 0.6) is 5.75 Å². The van der Waals surface area contributed by atoms with Gasteiger partial charge < -0.3 is 10.1 Å². The van der Waals surface area contributed by atoms with Gasteiger partial charge in [-0.3, -0.25) is 9.48 Å². The first kappa shape index (κ1) is 17.5. The lowest BCUT2D eigenvalue weighted by Crippen LogP contribution is -2.07. The molecule has 2 aromatic carbocycles. The van der Waals surface area contributed by atoms with E-state index in [0.717, 1.165) is 11.3 Å². The van der Waals surface area contributed by atoms with Gasteiger partial charge in [-0.15, -0.1) is 0 Å². The zero-order valence-corrected chi connectivity index (χ0v) is 14.8. The van der Waals surface area contributed by atoms with E-state index in [4.69, 9.17) is 4.74 Å². The summed E-state index contributed by atoms with van der Waals surface area (Å²) >= 11 is 0. The van der Waals surface area contributed by atoms with Gasteiger partial charge in [-0.05, 0) is 36.3 Å². The van der Waals surface area contributed by atoms with Crippen LogP contribution in [0.3, 0.4) is 0 Å². The molecule has 1 N–H and O–H groups in total. The molecule has 1 heterocycles. The third kappa shape index (κ3) is 4.83. The Morgan fingerprint density at radius 1 is 1.23 bits per heavy atom. The fourth-order valence-electron chi connectivity index (χ4n) is 2.58. The topological polar surface area (TPSA) is 56.1 Å². The van der Waals surface area contributed by atoms with Gasteiger partial charge in [0.1, 0.15) is 5.75 Å². The van der Waals surface area contributed by atoms with Crippen molar-refractivity contribution in [2.75, 3.05) is 12.4 Å². The number of anilines is 1. The number of hydrogen-bond donors (Lipinski definition) is 1. The monoisotopic (exact) mass is 347 g/mol. The molecule has 1 aromatic heterocycles.